The second-order valence-corrected chi connectivity index (χ2v) is 24.6. The van der Waals surface area contributed by atoms with Crippen molar-refractivity contribution in [2.75, 3.05) is 57.8 Å². The van der Waals surface area contributed by atoms with E-state index in [9.17, 15) is 28.5 Å². The molecule has 476 valence electrons. The number of pyridine rings is 3. The summed E-state index contributed by atoms with van der Waals surface area (Å²) in [5, 5.41) is 33.9. The molecule has 1 aliphatic heterocycles. The van der Waals surface area contributed by atoms with E-state index in [1.165, 1.54) is 0 Å². The Morgan fingerprint density at radius 2 is 1.04 bits per heavy atom. The lowest BCUT2D eigenvalue weighted by atomic mass is 10.0. The van der Waals surface area contributed by atoms with Crippen LogP contribution in [-0.2, 0) is 27.3 Å². The van der Waals surface area contributed by atoms with Crippen molar-refractivity contribution in [3.63, 3.8) is 0 Å². The Morgan fingerprint density at radius 3 is 1.48 bits per heavy atom. The molecule has 0 aromatic carbocycles. The van der Waals surface area contributed by atoms with E-state index in [0.717, 1.165) is 121 Å². The smallest absolute Gasteiger partial charge is 0.220 e. The Kier molecular flexibility index (Phi) is 18.0. The van der Waals surface area contributed by atoms with E-state index in [-0.39, 0.29) is 52.8 Å². The van der Waals surface area contributed by atoms with E-state index in [1.54, 1.807) is 52.6 Å². The number of hydrogen-bond acceptors (Lipinski definition) is 18. The SMILES string of the molecule is CC(O)(C#Cc1cc2c(-c3nc(N)ncc3F)cn(C3COC3)c2c(C2CC2)n1)C1CC1.COCCCn1cc(-c2nc(N)ncc2F)c2cc(C#CC(C)(O)C3CC3)ncc21.COCCCn1cc(-c2nc(N)ncc2F)c2cc(C#CC3(O)CCCC3)ncc21. The molecule has 2 atom stereocenters. The van der Waals surface area contributed by atoms with Crippen molar-refractivity contribution in [2.45, 2.75) is 133 Å². The lowest BCUT2D eigenvalue weighted by Gasteiger charge is -2.28. The zero-order chi connectivity index (χ0) is 64.5. The highest BCUT2D eigenvalue weighted by Gasteiger charge is 2.40. The quantitative estimate of drug-likeness (QED) is 0.0412. The fourth-order valence-corrected chi connectivity index (χ4v) is 11.7. The molecule has 5 fully saturated rings. The van der Waals surface area contributed by atoms with Crippen LogP contribution in [0.1, 0.15) is 126 Å². The highest BCUT2D eigenvalue weighted by Crippen LogP contribution is 2.46. The maximum absolute atomic E-state index is 14.8. The van der Waals surface area contributed by atoms with Crippen molar-refractivity contribution in [2.24, 2.45) is 11.8 Å². The third kappa shape index (κ3) is 14.0. The van der Waals surface area contributed by atoms with Crippen LogP contribution in [0.5, 0.6) is 0 Å². The number of ether oxygens (including phenoxy) is 3. The van der Waals surface area contributed by atoms with Crippen LogP contribution < -0.4 is 17.2 Å². The predicted molar refractivity (Wildman–Crippen MR) is 341 cm³/mol. The van der Waals surface area contributed by atoms with Crippen LogP contribution in [0.25, 0.3) is 66.5 Å². The van der Waals surface area contributed by atoms with Gasteiger partial charge in [-0.15, -0.1) is 0 Å². The van der Waals surface area contributed by atoms with E-state index in [1.807, 2.05) is 33.8 Å². The summed E-state index contributed by atoms with van der Waals surface area (Å²) in [6, 6.07) is 5.65. The van der Waals surface area contributed by atoms with E-state index in [0.29, 0.717) is 92.0 Å². The highest BCUT2D eigenvalue weighted by molar-refractivity contribution is 5.99. The molecular formula is C68H72F3N15O6. The average molecular weight is 1250 g/mol. The third-order valence-corrected chi connectivity index (χ3v) is 17.4. The van der Waals surface area contributed by atoms with Gasteiger partial charge in [0.05, 0.1) is 72.5 Å². The molecule has 9 N–H and O–H groups in total. The summed E-state index contributed by atoms with van der Waals surface area (Å²) in [5.41, 5.74) is 21.7. The Morgan fingerprint density at radius 1 is 0.598 bits per heavy atom. The molecule has 9 aromatic heterocycles. The zero-order valence-corrected chi connectivity index (χ0v) is 51.7. The van der Waals surface area contributed by atoms with Gasteiger partial charge in [0.1, 0.15) is 51.0 Å². The van der Waals surface area contributed by atoms with Gasteiger partial charge in [-0.2, -0.15) is 0 Å². The van der Waals surface area contributed by atoms with Crippen molar-refractivity contribution in [3.05, 3.63) is 108 Å². The summed E-state index contributed by atoms with van der Waals surface area (Å²) in [5.74, 6) is 17.1. The molecule has 0 spiro atoms. The molecule has 5 aliphatic rings. The van der Waals surface area contributed by atoms with Gasteiger partial charge in [0.2, 0.25) is 17.8 Å². The third-order valence-electron chi connectivity index (χ3n) is 17.4. The monoisotopic (exact) mass is 1250 g/mol. The first-order chi connectivity index (χ1) is 44.3. The molecule has 92 heavy (non-hydrogen) atoms. The summed E-state index contributed by atoms with van der Waals surface area (Å²) in [7, 11) is 3.31. The normalized spacial score (nSPS) is 17.2. The minimum Gasteiger partial charge on any atom is -0.385 e. The number of methoxy groups -OCH3 is 2. The molecule has 0 bridgehead atoms. The van der Waals surface area contributed by atoms with Gasteiger partial charge in [0.25, 0.3) is 0 Å². The molecule has 4 aliphatic carbocycles. The first-order valence-electron chi connectivity index (χ1n) is 31.0. The van der Waals surface area contributed by atoms with Crippen LogP contribution in [0.2, 0.25) is 0 Å². The van der Waals surface area contributed by atoms with Crippen molar-refractivity contribution >= 4 is 50.6 Å². The zero-order valence-electron chi connectivity index (χ0n) is 51.7. The van der Waals surface area contributed by atoms with Crippen molar-refractivity contribution < 1.29 is 42.7 Å². The van der Waals surface area contributed by atoms with Gasteiger partial charge in [-0.05, 0) is 139 Å². The number of aliphatic hydroxyl groups is 3. The van der Waals surface area contributed by atoms with Crippen LogP contribution in [0.4, 0.5) is 31.0 Å². The van der Waals surface area contributed by atoms with E-state index in [4.69, 9.17) is 36.4 Å². The topological polar surface area (TPSA) is 297 Å². The minimum absolute atomic E-state index is 0.00114. The maximum Gasteiger partial charge on any atom is 0.220 e. The van der Waals surface area contributed by atoms with Crippen molar-refractivity contribution in [1.29, 1.82) is 0 Å². The number of anilines is 3. The fourth-order valence-electron chi connectivity index (χ4n) is 11.7. The molecule has 2 unspecified atom stereocenters. The van der Waals surface area contributed by atoms with Crippen LogP contribution in [0, 0.1) is 64.8 Å². The van der Waals surface area contributed by atoms with Gasteiger partial charge in [-0.25, -0.2) is 58.0 Å². The molecule has 1 saturated heterocycles. The first kappa shape index (κ1) is 63.1. The number of hydrogen-bond donors (Lipinski definition) is 6. The molecular weight excluding hydrogens is 1180 g/mol. The van der Waals surface area contributed by atoms with Crippen LogP contribution >= 0.6 is 0 Å². The molecule has 14 rings (SSSR count). The van der Waals surface area contributed by atoms with Crippen LogP contribution in [0.3, 0.4) is 0 Å². The van der Waals surface area contributed by atoms with Gasteiger partial charge >= 0.3 is 0 Å². The molecule has 0 radical (unpaired) electrons. The van der Waals surface area contributed by atoms with E-state index >= 15 is 0 Å². The molecule has 10 heterocycles. The summed E-state index contributed by atoms with van der Waals surface area (Å²) in [6.45, 7) is 7.27. The second kappa shape index (κ2) is 26.3. The number of rotatable bonds is 15. The number of nitrogens with zero attached hydrogens (tertiary/aromatic N) is 12. The van der Waals surface area contributed by atoms with Gasteiger partial charge in [0.15, 0.2) is 17.5 Å². The number of aryl methyl sites for hydroxylation is 2. The molecule has 0 amide bonds. The number of fused-ring (bicyclic) bond motifs is 3. The second-order valence-electron chi connectivity index (χ2n) is 24.6. The fraction of sp³-hybridized carbons (Fsp3) is 0.426. The molecule has 9 aromatic rings. The Hall–Kier alpha value is -9.06. The minimum atomic E-state index is -1.03. The van der Waals surface area contributed by atoms with Crippen LogP contribution in [-0.4, -0.2) is 131 Å². The van der Waals surface area contributed by atoms with Crippen molar-refractivity contribution in [3.8, 4) is 69.3 Å². The van der Waals surface area contributed by atoms with Gasteiger partial charge in [-0.1, -0.05) is 17.8 Å². The predicted octanol–water partition coefficient (Wildman–Crippen LogP) is 8.85. The Labute approximate surface area is 529 Å². The van der Waals surface area contributed by atoms with E-state index < -0.39 is 34.3 Å². The van der Waals surface area contributed by atoms with Gasteiger partial charge in [-0.3, -0.25) is 0 Å². The standard InChI is InChI=1S/C24H24FN5O2.2C22H24FN5O2/c1-24(31,14-4-5-14)7-6-15-8-17-18(21-19(25)9-27-23(26)29-21)10-30(16-11-32-12-16)22(17)20(28-15)13-2-3-13;1-22(29,14-4-5-14)7-6-15-10-16-17(20-18(23)11-26-21(24)27-20)13-28(8-3-9-30-2)19(16)12-25-15;1-30-10-4-9-28-14-17(20-18(23)12-26-21(24)27-20)16-11-15(25-13-19(16)28)5-8-22(29)6-2-3-7-22/h8-10,13-14,16,31H,2-5,11-12H2,1H3,(H2,26,27,29);10-14,29H,3-5,8-9H2,1-2H3,(H2,24,26,27);11-14,29H,2-4,6-7,9-10H2,1H3,(H2,24,26,27). The number of nitrogens with two attached hydrogens (primary N) is 3. The molecule has 24 heteroatoms. The lowest BCUT2D eigenvalue weighted by Crippen LogP contribution is -2.30. The lowest BCUT2D eigenvalue weighted by molar-refractivity contribution is -0.0214. The van der Waals surface area contributed by atoms with Gasteiger partial charge in [0, 0.05) is 97.9 Å². The summed E-state index contributed by atoms with van der Waals surface area (Å²) >= 11 is 0. The highest BCUT2D eigenvalue weighted by atomic mass is 19.1. The number of nitrogen functional groups attached to an aromatic ring is 3. The number of aromatic nitrogens is 12. The first-order valence-corrected chi connectivity index (χ1v) is 31.0. The van der Waals surface area contributed by atoms with Gasteiger partial charge < -0.3 is 60.4 Å². The molecule has 4 saturated carbocycles. The Balaban J connectivity index is 0.000000133. The van der Waals surface area contributed by atoms with E-state index in [2.05, 4.69) is 80.0 Å². The maximum atomic E-state index is 14.8. The average Bonchev–Trinajstić information content (AvgIpc) is 1.57. The summed E-state index contributed by atoms with van der Waals surface area (Å²) in [6.07, 6.45) is 23.2. The molecule has 21 nitrogen and oxygen atoms in total. The largest absolute Gasteiger partial charge is 0.385 e. The summed E-state index contributed by atoms with van der Waals surface area (Å²) in [4.78, 5) is 37.4. The Bertz CT molecular complexity index is 4290. The summed E-state index contributed by atoms with van der Waals surface area (Å²) < 4.78 is 65.6. The van der Waals surface area contributed by atoms with Crippen molar-refractivity contribution in [1.82, 2.24) is 58.6 Å². The van der Waals surface area contributed by atoms with Crippen LogP contribution in [0.15, 0.2) is 67.8 Å². The number of halogens is 3.